The highest BCUT2D eigenvalue weighted by Crippen LogP contribution is 2.29. The van der Waals surface area contributed by atoms with Gasteiger partial charge in [0.15, 0.2) is 0 Å². The second-order valence-corrected chi connectivity index (χ2v) is 7.46. The third kappa shape index (κ3) is 3.42. The van der Waals surface area contributed by atoms with Crippen LogP contribution in [0.15, 0.2) is 22.8 Å². The number of aryl methyl sites for hydroxylation is 2. The van der Waals surface area contributed by atoms with E-state index in [1.807, 2.05) is 0 Å². The Labute approximate surface area is 155 Å². The molecule has 0 radical (unpaired) electrons. The van der Waals surface area contributed by atoms with E-state index < -0.39 is 0 Å². The topological polar surface area (TPSA) is 45.5 Å². The van der Waals surface area contributed by atoms with Gasteiger partial charge in [0.05, 0.1) is 12.7 Å². The van der Waals surface area contributed by atoms with Crippen LogP contribution < -0.4 is 5.32 Å². The van der Waals surface area contributed by atoms with Gasteiger partial charge in [0.2, 0.25) is 5.91 Å². The molecule has 2 aliphatic rings. The number of amides is 1. The standard InChI is InChI=1S/C20H26N2O2.ClH/c1-13-3-4-18-17(12-24-20(18)14(13)2)9-19(23)22-7-5-15-10-21-11-16(15)6-8-22;/h3-4,12,15-16,21H,5-11H2,1-2H3;1H/t15-,16+;. The number of hydrogen-bond donors (Lipinski definition) is 1. The predicted octanol–water partition coefficient (Wildman–Crippen LogP) is 3.47. The van der Waals surface area contributed by atoms with Gasteiger partial charge in [-0.15, -0.1) is 12.4 Å². The fourth-order valence-corrected chi connectivity index (χ4v) is 4.27. The minimum Gasteiger partial charge on any atom is -0.464 e. The average molecular weight is 363 g/mol. The van der Waals surface area contributed by atoms with Gasteiger partial charge in [0, 0.05) is 24.0 Å². The molecule has 3 heterocycles. The summed E-state index contributed by atoms with van der Waals surface area (Å²) in [7, 11) is 0. The maximum absolute atomic E-state index is 12.8. The second kappa shape index (κ2) is 7.38. The van der Waals surface area contributed by atoms with Crippen molar-refractivity contribution in [1.29, 1.82) is 0 Å². The number of fused-ring (bicyclic) bond motifs is 2. The number of carbonyl (C=O) groups is 1. The molecule has 5 heteroatoms. The zero-order valence-electron chi connectivity index (χ0n) is 15.0. The molecule has 1 N–H and O–H groups in total. The molecule has 4 rings (SSSR count). The Morgan fingerprint density at radius 1 is 1.20 bits per heavy atom. The lowest BCUT2D eigenvalue weighted by atomic mass is 9.92. The molecule has 2 saturated heterocycles. The third-order valence-corrected chi connectivity index (χ3v) is 6.06. The van der Waals surface area contributed by atoms with Gasteiger partial charge in [-0.3, -0.25) is 4.79 Å². The Morgan fingerprint density at radius 3 is 2.56 bits per heavy atom. The Hall–Kier alpha value is -1.52. The van der Waals surface area contributed by atoms with E-state index in [1.54, 1.807) is 6.26 Å². The molecular weight excluding hydrogens is 336 g/mol. The molecule has 0 saturated carbocycles. The van der Waals surface area contributed by atoms with Crippen LogP contribution in [0.25, 0.3) is 11.0 Å². The molecule has 0 aliphatic carbocycles. The molecule has 0 unspecified atom stereocenters. The molecule has 25 heavy (non-hydrogen) atoms. The maximum Gasteiger partial charge on any atom is 0.227 e. The minimum absolute atomic E-state index is 0. The van der Waals surface area contributed by atoms with E-state index in [1.165, 1.54) is 11.1 Å². The summed E-state index contributed by atoms with van der Waals surface area (Å²) in [5, 5.41) is 4.57. The van der Waals surface area contributed by atoms with E-state index in [-0.39, 0.29) is 18.3 Å². The Morgan fingerprint density at radius 2 is 1.88 bits per heavy atom. The lowest BCUT2D eigenvalue weighted by Gasteiger charge is -2.20. The molecule has 1 aromatic heterocycles. The van der Waals surface area contributed by atoms with Gasteiger partial charge in [0.1, 0.15) is 5.58 Å². The zero-order chi connectivity index (χ0) is 16.7. The molecular formula is C20H27ClN2O2. The molecule has 4 nitrogen and oxygen atoms in total. The molecule has 0 bridgehead atoms. The normalized spacial score (nSPS) is 23.2. The van der Waals surface area contributed by atoms with Crippen LogP contribution in [0.4, 0.5) is 0 Å². The molecule has 2 atom stereocenters. The SMILES string of the molecule is Cc1ccc2c(CC(=O)N3CC[C@@H]4CNC[C@@H]4CC3)coc2c1C.Cl. The number of nitrogens with zero attached hydrogens (tertiary/aromatic N) is 1. The van der Waals surface area contributed by atoms with Crippen molar-refractivity contribution in [1.82, 2.24) is 10.2 Å². The van der Waals surface area contributed by atoms with Crippen LogP contribution in [0.5, 0.6) is 0 Å². The molecule has 0 spiro atoms. The van der Waals surface area contributed by atoms with E-state index in [0.29, 0.717) is 6.42 Å². The van der Waals surface area contributed by atoms with Crippen LogP contribution in [-0.2, 0) is 11.2 Å². The number of halogens is 1. The molecule has 2 aromatic rings. The molecule has 2 aliphatic heterocycles. The Bertz CT molecular complexity index is 756. The number of likely N-dealkylation sites (tertiary alicyclic amines) is 1. The smallest absolute Gasteiger partial charge is 0.227 e. The first-order valence-corrected chi connectivity index (χ1v) is 9.08. The van der Waals surface area contributed by atoms with Crippen LogP contribution in [0.3, 0.4) is 0 Å². The van der Waals surface area contributed by atoms with Crippen LogP contribution in [-0.4, -0.2) is 37.0 Å². The van der Waals surface area contributed by atoms with E-state index in [2.05, 4.69) is 36.2 Å². The number of nitrogens with one attached hydrogen (secondary N) is 1. The average Bonchev–Trinajstić information content (AvgIpc) is 3.14. The van der Waals surface area contributed by atoms with Crippen molar-refractivity contribution >= 4 is 29.3 Å². The number of rotatable bonds is 2. The first-order chi connectivity index (χ1) is 11.6. The monoisotopic (exact) mass is 362 g/mol. The molecule has 136 valence electrons. The summed E-state index contributed by atoms with van der Waals surface area (Å²) >= 11 is 0. The fraction of sp³-hybridized carbons (Fsp3) is 0.550. The Balaban J connectivity index is 0.00000182. The van der Waals surface area contributed by atoms with Crippen LogP contribution in [0.1, 0.15) is 29.5 Å². The first kappa shape index (κ1) is 18.3. The van der Waals surface area contributed by atoms with Crippen molar-refractivity contribution in [3.8, 4) is 0 Å². The number of furan rings is 1. The number of benzene rings is 1. The van der Waals surface area contributed by atoms with Gasteiger partial charge < -0.3 is 14.6 Å². The Kier molecular flexibility index (Phi) is 5.40. The summed E-state index contributed by atoms with van der Waals surface area (Å²) in [5.74, 6) is 1.75. The summed E-state index contributed by atoms with van der Waals surface area (Å²) in [6.07, 6.45) is 4.48. The predicted molar refractivity (Wildman–Crippen MR) is 102 cm³/mol. The number of hydrogen-bond acceptors (Lipinski definition) is 3. The summed E-state index contributed by atoms with van der Waals surface area (Å²) in [6.45, 7) is 8.21. The third-order valence-electron chi connectivity index (χ3n) is 6.06. The van der Waals surface area contributed by atoms with Gasteiger partial charge in [-0.25, -0.2) is 0 Å². The largest absolute Gasteiger partial charge is 0.464 e. The lowest BCUT2D eigenvalue weighted by molar-refractivity contribution is -0.130. The first-order valence-electron chi connectivity index (χ1n) is 9.08. The highest BCUT2D eigenvalue weighted by molar-refractivity contribution is 5.89. The van der Waals surface area contributed by atoms with Gasteiger partial charge >= 0.3 is 0 Å². The molecule has 2 fully saturated rings. The van der Waals surface area contributed by atoms with Crippen molar-refractivity contribution in [2.24, 2.45) is 11.8 Å². The minimum atomic E-state index is 0. The van der Waals surface area contributed by atoms with Gasteiger partial charge in [-0.05, 0) is 62.7 Å². The lowest BCUT2D eigenvalue weighted by Crippen LogP contribution is -2.33. The zero-order valence-corrected chi connectivity index (χ0v) is 15.8. The molecule has 1 amide bonds. The van der Waals surface area contributed by atoms with Crippen molar-refractivity contribution in [3.63, 3.8) is 0 Å². The molecule has 1 aromatic carbocycles. The highest BCUT2D eigenvalue weighted by atomic mass is 35.5. The van der Waals surface area contributed by atoms with Gasteiger partial charge in [-0.2, -0.15) is 0 Å². The summed E-state index contributed by atoms with van der Waals surface area (Å²) in [5.41, 5.74) is 4.34. The highest BCUT2D eigenvalue weighted by Gasteiger charge is 2.31. The van der Waals surface area contributed by atoms with Gasteiger partial charge in [0.25, 0.3) is 0 Å². The van der Waals surface area contributed by atoms with E-state index >= 15 is 0 Å². The van der Waals surface area contributed by atoms with Crippen LogP contribution in [0, 0.1) is 25.7 Å². The summed E-state index contributed by atoms with van der Waals surface area (Å²) < 4.78 is 5.76. The van der Waals surface area contributed by atoms with Crippen molar-refractivity contribution in [3.05, 3.63) is 35.1 Å². The summed E-state index contributed by atoms with van der Waals surface area (Å²) in [6, 6.07) is 4.20. The van der Waals surface area contributed by atoms with E-state index in [4.69, 9.17) is 4.42 Å². The second-order valence-electron chi connectivity index (χ2n) is 7.46. The van der Waals surface area contributed by atoms with Crippen LogP contribution >= 0.6 is 12.4 Å². The van der Waals surface area contributed by atoms with Crippen molar-refractivity contribution in [2.45, 2.75) is 33.1 Å². The van der Waals surface area contributed by atoms with Crippen molar-refractivity contribution in [2.75, 3.05) is 26.2 Å². The maximum atomic E-state index is 12.8. The van der Waals surface area contributed by atoms with Gasteiger partial charge in [-0.1, -0.05) is 12.1 Å². The fourth-order valence-electron chi connectivity index (χ4n) is 4.27. The van der Waals surface area contributed by atoms with Crippen LogP contribution in [0.2, 0.25) is 0 Å². The summed E-state index contributed by atoms with van der Waals surface area (Å²) in [4.78, 5) is 14.9. The van der Waals surface area contributed by atoms with Crippen molar-refractivity contribution < 1.29 is 9.21 Å². The number of carbonyl (C=O) groups excluding carboxylic acids is 1. The van der Waals surface area contributed by atoms with E-state index in [0.717, 1.165) is 67.4 Å². The quantitative estimate of drug-likeness (QED) is 0.889. The van der Waals surface area contributed by atoms with E-state index in [9.17, 15) is 4.79 Å².